The molecule has 0 aliphatic carbocycles. The number of aromatic nitrogens is 1. The maximum atomic E-state index is 13.1. The van der Waals surface area contributed by atoms with E-state index in [2.05, 4.69) is 20.6 Å². The number of nitrogens with one attached hydrogen (secondary N) is 1. The van der Waals surface area contributed by atoms with Crippen LogP contribution in [-0.2, 0) is 16.1 Å². The molecule has 134 valence electrons. The van der Waals surface area contributed by atoms with Gasteiger partial charge < -0.3 is 15.0 Å². The molecule has 0 saturated carbocycles. The highest BCUT2D eigenvalue weighted by molar-refractivity contribution is 7.09. The van der Waals surface area contributed by atoms with Gasteiger partial charge in [0.1, 0.15) is 0 Å². The topological polar surface area (TPSA) is 57.7 Å². The maximum Gasteiger partial charge on any atom is 0.231 e. The number of hydrogen-bond acceptors (Lipinski definition) is 6. The lowest BCUT2D eigenvalue weighted by atomic mass is 9.78. The van der Waals surface area contributed by atoms with E-state index in [-0.39, 0.29) is 11.3 Å². The number of piperazine rings is 1. The molecule has 2 aliphatic rings. The molecule has 2 aliphatic heterocycles. The van der Waals surface area contributed by atoms with E-state index in [1.54, 1.807) is 18.4 Å². The van der Waals surface area contributed by atoms with Crippen LogP contribution in [0.4, 0.5) is 0 Å². The van der Waals surface area contributed by atoms with Gasteiger partial charge in [0, 0.05) is 45.2 Å². The molecule has 2 saturated heterocycles. The second kappa shape index (κ2) is 7.91. The van der Waals surface area contributed by atoms with Crippen LogP contribution in [0, 0.1) is 12.3 Å². The summed E-state index contributed by atoms with van der Waals surface area (Å²) in [5.41, 5.74) is 0.820. The number of hydrogen-bond donors (Lipinski definition) is 1. The third-order valence-electron chi connectivity index (χ3n) is 5.15. The standard InChI is InChI=1S/C17H28N4O2S/c1-14-19-15(12-24-14)11-20-7-9-21(10-8-20)16(22)17(13-23-2)3-5-18-6-4-17/h12,18H,3-11,13H2,1-2H3. The lowest BCUT2D eigenvalue weighted by molar-refractivity contribution is -0.149. The Morgan fingerprint density at radius 3 is 2.62 bits per heavy atom. The van der Waals surface area contributed by atoms with Gasteiger partial charge in [0.25, 0.3) is 0 Å². The highest BCUT2D eigenvalue weighted by Crippen LogP contribution is 2.32. The molecular weight excluding hydrogens is 324 g/mol. The van der Waals surface area contributed by atoms with E-state index in [1.807, 2.05) is 11.8 Å². The molecule has 7 heteroatoms. The number of thiazole rings is 1. The van der Waals surface area contributed by atoms with Gasteiger partial charge in [0.2, 0.25) is 5.91 Å². The van der Waals surface area contributed by atoms with Gasteiger partial charge in [-0.1, -0.05) is 0 Å². The molecule has 24 heavy (non-hydrogen) atoms. The molecule has 0 bridgehead atoms. The number of aryl methyl sites for hydroxylation is 1. The molecule has 0 aromatic carbocycles. The van der Waals surface area contributed by atoms with E-state index in [0.717, 1.165) is 69.4 Å². The smallest absolute Gasteiger partial charge is 0.231 e. The number of carbonyl (C=O) groups is 1. The SMILES string of the molecule is COCC1(C(=O)N2CCN(Cc3csc(C)n3)CC2)CCNCC1. The van der Waals surface area contributed by atoms with Gasteiger partial charge in [0.15, 0.2) is 0 Å². The first kappa shape index (κ1) is 17.8. The maximum absolute atomic E-state index is 13.1. The van der Waals surface area contributed by atoms with Crippen molar-refractivity contribution in [2.45, 2.75) is 26.3 Å². The second-order valence-corrected chi connectivity index (χ2v) is 7.95. The lowest BCUT2D eigenvalue weighted by Crippen LogP contribution is -2.56. The molecule has 0 atom stereocenters. The fourth-order valence-electron chi connectivity index (χ4n) is 3.76. The molecular formula is C17H28N4O2S. The fourth-order valence-corrected chi connectivity index (χ4v) is 4.36. The molecule has 3 heterocycles. The Bertz CT molecular complexity index is 543. The average Bonchev–Trinajstić information content (AvgIpc) is 3.01. The van der Waals surface area contributed by atoms with Crippen molar-refractivity contribution in [1.29, 1.82) is 0 Å². The average molecular weight is 353 g/mol. The van der Waals surface area contributed by atoms with Crippen LogP contribution in [0.1, 0.15) is 23.5 Å². The number of carbonyl (C=O) groups excluding carboxylic acids is 1. The van der Waals surface area contributed by atoms with Crippen molar-refractivity contribution in [1.82, 2.24) is 20.1 Å². The Morgan fingerprint density at radius 1 is 1.33 bits per heavy atom. The van der Waals surface area contributed by atoms with Crippen molar-refractivity contribution in [2.75, 3.05) is 53.0 Å². The van der Waals surface area contributed by atoms with E-state index >= 15 is 0 Å². The molecule has 1 aromatic rings. The molecule has 0 unspecified atom stereocenters. The number of ether oxygens (including phenoxy) is 1. The summed E-state index contributed by atoms with van der Waals surface area (Å²) in [6, 6.07) is 0. The van der Waals surface area contributed by atoms with Gasteiger partial charge in [-0.25, -0.2) is 4.98 Å². The molecule has 1 aromatic heterocycles. The minimum atomic E-state index is -0.325. The van der Waals surface area contributed by atoms with Crippen LogP contribution in [0.5, 0.6) is 0 Å². The van der Waals surface area contributed by atoms with E-state index in [1.165, 1.54) is 0 Å². The summed E-state index contributed by atoms with van der Waals surface area (Å²) in [6.45, 7) is 8.72. The molecule has 1 N–H and O–H groups in total. The summed E-state index contributed by atoms with van der Waals surface area (Å²) in [6.07, 6.45) is 1.75. The molecule has 2 fully saturated rings. The highest BCUT2D eigenvalue weighted by Gasteiger charge is 2.42. The number of rotatable bonds is 5. The van der Waals surface area contributed by atoms with E-state index in [4.69, 9.17) is 4.74 Å². The molecule has 3 rings (SSSR count). The summed E-state index contributed by atoms with van der Waals surface area (Å²) >= 11 is 1.70. The Balaban J connectivity index is 1.55. The number of piperidine rings is 1. The Morgan fingerprint density at radius 2 is 2.04 bits per heavy atom. The summed E-state index contributed by atoms with van der Waals surface area (Å²) in [7, 11) is 1.70. The van der Waals surface area contributed by atoms with Gasteiger partial charge in [-0.2, -0.15) is 0 Å². The van der Waals surface area contributed by atoms with Crippen LogP contribution in [0.15, 0.2) is 5.38 Å². The molecule has 1 amide bonds. The van der Waals surface area contributed by atoms with Crippen molar-refractivity contribution >= 4 is 17.2 Å². The van der Waals surface area contributed by atoms with E-state index in [9.17, 15) is 4.79 Å². The largest absolute Gasteiger partial charge is 0.384 e. The van der Waals surface area contributed by atoms with Crippen LogP contribution in [0.25, 0.3) is 0 Å². The van der Waals surface area contributed by atoms with Crippen molar-refractivity contribution in [3.05, 3.63) is 16.1 Å². The van der Waals surface area contributed by atoms with Crippen molar-refractivity contribution in [3.63, 3.8) is 0 Å². The van der Waals surface area contributed by atoms with Crippen LogP contribution < -0.4 is 5.32 Å². The van der Waals surface area contributed by atoms with Crippen LogP contribution in [-0.4, -0.2) is 73.7 Å². The summed E-state index contributed by atoms with van der Waals surface area (Å²) in [4.78, 5) is 22.1. The summed E-state index contributed by atoms with van der Waals surface area (Å²) < 4.78 is 5.41. The van der Waals surface area contributed by atoms with Crippen molar-refractivity contribution < 1.29 is 9.53 Å². The summed E-state index contributed by atoms with van der Waals surface area (Å²) in [5.74, 6) is 0.287. The fraction of sp³-hybridized carbons (Fsp3) is 0.765. The van der Waals surface area contributed by atoms with Gasteiger partial charge in [-0.3, -0.25) is 9.69 Å². The summed E-state index contributed by atoms with van der Waals surface area (Å²) in [5, 5.41) is 6.60. The van der Waals surface area contributed by atoms with Gasteiger partial charge >= 0.3 is 0 Å². The zero-order valence-corrected chi connectivity index (χ0v) is 15.5. The molecule has 0 radical (unpaired) electrons. The lowest BCUT2D eigenvalue weighted by Gasteiger charge is -2.42. The quantitative estimate of drug-likeness (QED) is 0.860. The number of methoxy groups -OCH3 is 1. The normalized spacial score (nSPS) is 21.8. The van der Waals surface area contributed by atoms with Crippen LogP contribution in [0.2, 0.25) is 0 Å². The van der Waals surface area contributed by atoms with Gasteiger partial charge in [0.05, 0.1) is 22.7 Å². The van der Waals surface area contributed by atoms with E-state index in [0.29, 0.717) is 6.61 Å². The molecule has 0 spiro atoms. The zero-order valence-electron chi connectivity index (χ0n) is 14.7. The second-order valence-electron chi connectivity index (χ2n) is 6.89. The highest BCUT2D eigenvalue weighted by atomic mass is 32.1. The first-order chi connectivity index (χ1) is 11.6. The predicted octanol–water partition coefficient (Wildman–Crippen LogP) is 1.11. The van der Waals surface area contributed by atoms with Crippen LogP contribution >= 0.6 is 11.3 Å². The Labute approximate surface area is 148 Å². The third kappa shape index (κ3) is 3.96. The first-order valence-electron chi connectivity index (χ1n) is 8.75. The monoisotopic (exact) mass is 352 g/mol. The Hall–Kier alpha value is -1.02. The van der Waals surface area contributed by atoms with Gasteiger partial charge in [-0.15, -0.1) is 11.3 Å². The minimum Gasteiger partial charge on any atom is -0.384 e. The first-order valence-corrected chi connectivity index (χ1v) is 9.63. The van der Waals surface area contributed by atoms with Crippen molar-refractivity contribution in [2.24, 2.45) is 5.41 Å². The van der Waals surface area contributed by atoms with Gasteiger partial charge in [-0.05, 0) is 32.9 Å². The zero-order chi connectivity index (χ0) is 17.0. The predicted molar refractivity (Wildman–Crippen MR) is 95.1 cm³/mol. The molecule has 6 nitrogen and oxygen atoms in total. The van der Waals surface area contributed by atoms with Crippen molar-refractivity contribution in [3.8, 4) is 0 Å². The van der Waals surface area contributed by atoms with Crippen LogP contribution in [0.3, 0.4) is 0 Å². The number of amides is 1. The Kier molecular flexibility index (Phi) is 5.86. The minimum absolute atomic E-state index is 0.287. The third-order valence-corrected chi connectivity index (χ3v) is 5.97. The number of nitrogens with zero attached hydrogens (tertiary/aromatic N) is 3. The van der Waals surface area contributed by atoms with E-state index < -0.39 is 0 Å².